The predicted molar refractivity (Wildman–Crippen MR) is 89.4 cm³/mol. The minimum absolute atomic E-state index is 0.0655. The van der Waals surface area contributed by atoms with Crippen LogP contribution in [-0.2, 0) is 16.0 Å². The zero-order valence-corrected chi connectivity index (χ0v) is 13.6. The summed E-state index contributed by atoms with van der Waals surface area (Å²) in [6.07, 6.45) is 0.185. The molecule has 0 aliphatic rings. The highest BCUT2D eigenvalue weighted by Crippen LogP contribution is 2.25. The van der Waals surface area contributed by atoms with Crippen molar-refractivity contribution in [2.75, 3.05) is 13.2 Å². The summed E-state index contributed by atoms with van der Waals surface area (Å²) >= 11 is 5.77. The average Bonchev–Trinajstić information content (AvgIpc) is 2.56. The normalized spacial score (nSPS) is 11.8. The van der Waals surface area contributed by atoms with Crippen LogP contribution in [0.25, 0.3) is 0 Å². The van der Waals surface area contributed by atoms with E-state index in [2.05, 4.69) is 0 Å². The van der Waals surface area contributed by atoms with Crippen molar-refractivity contribution >= 4 is 17.6 Å². The van der Waals surface area contributed by atoms with E-state index in [1.165, 1.54) is 12.1 Å². The van der Waals surface area contributed by atoms with Gasteiger partial charge in [0.15, 0.2) is 11.5 Å². The minimum atomic E-state index is -0.871. The molecule has 0 radical (unpaired) electrons. The minimum Gasteiger partial charge on any atom is -0.504 e. The first-order valence-electron chi connectivity index (χ1n) is 7.27. The van der Waals surface area contributed by atoms with Crippen LogP contribution in [-0.4, -0.2) is 35.4 Å². The van der Waals surface area contributed by atoms with E-state index in [0.717, 1.165) is 0 Å². The zero-order chi connectivity index (χ0) is 17.5. The number of carbonyl (C=O) groups excluding carboxylic acids is 1. The Balaban J connectivity index is 1.73. The fraction of sp³-hybridized carbons (Fsp3) is 0.235. The fourth-order valence-corrected chi connectivity index (χ4v) is 2.10. The average molecular weight is 352 g/mol. The van der Waals surface area contributed by atoms with Gasteiger partial charge in [-0.25, -0.2) is 0 Å². The molecule has 6 nitrogen and oxygen atoms in total. The summed E-state index contributed by atoms with van der Waals surface area (Å²) in [5.74, 6) is -0.430. The first-order chi connectivity index (χ1) is 11.5. The Morgan fingerprint density at radius 1 is 1.08 bits per heavy atom. The molecule has 0 aliphatic heterocycles. The van der Waals surface area contributed by atoms with E-state index in [1.807, 2.05) is 0 Å². The van der Waals surface area contributed by atoms with Gasteiger partial charge in [-0.05, 0) is 48.4 Å². The Morgan fingerprint density at radius 3 is 2.46 bits per heavy atom. The van der Waals surface area contributed by atoms with Crippen LogP contribution in [0.15, 0.2) is 42.5 Å². The Morgan fingerprint density at radius 2 is 1.79 bits per heavy atom. The van der Waals surface area contributed by atoms with E-state index in [4.69, 9.17) is 26.8 Å². The van der Waals surface area contributed by atoms with Gasteiger partial charge < -0.3 is 25.4 Å². The number of nitrogens with two attached hydrogens (primary N) is 1. The second-order valence-electron chi connectivity index (χ2n) is 5.10. The molecule has 0 aromatic heterocycles. The van der Waals surface area contributed by atoms with Crippen molar-refractivity contribution in [3.63, 3.8) is 0 Å². The number of hydrogen-bond acceptors (Lipinski definition) is 6. The largest absolute Gasteiger partial charge is 0.504 e. The molecular weight excluding hydrogens is 334 g/mol. The number of phenols is 2. The van der Waals surface area contributed by atoms with Crippen molar-refractivity contribution in [2.24, 2.45) is 5.73 Å². The Labute approximate surface area is 144 Å². The molecule has 0 spiro atoms. The number of hydrogen-bond donors (Lipinski definition) is 3. The monoisotopic (exact) mass is 351 g/mol. The van der Waals surface area contributed by atoms with Crippen LogP contribution in [0.3, 0.4) is 0 Å². The standard InChI is InChI=1S/C17H18ClNO5/c18-12-2-4-13(5-3-12)23-7-8-24-17(22)14(19)9-11-1-6-15(20)16(21)10-11/h1-6,10,14,20-21H,7-9,19H2/t14-/m0/s1. The van der Waals surface area contributed by atoms with Crippen LogP contribution in [0.1, 0.15) is 5.56 Å². The molecule has 0 saturated carbocycles. The summed E-state index contributed by atoms with van der Waals surface area (Å²) < 4.78 is 10.4. The molecular formula is C17H18ClNO5. The van der Waals surface area contributed by atoms with Gasteiger partial charge >= 0.3 is 5.97 Å². The van der Waals surface area contributed by atoms with Crippen molar-refractivity contribution < 1.29 is 24.5 Å². The number of ether oxygens (including phenoxy) is 2. The fourth-order valence-electron chi connectivity index (χ4n) is 1.97. The van der Waals surface area contributed by atoms with Gasteiger partial charge in [0, 0.05) is 5.02 Å². The highest BCUT2D eigenvalue weighted by Gasteiger charge is 2.16. The Hall–Kier alpha value is -2.44. The predicted octanol–water partition coefficient (Wildman–Crippen LogP) is 2.24. The number of aromatic hydroxyl groups is 2. The number of esters is 1. The van der Waals surface area contributed by atoms with Gasteiger partial charge in [0.2, 0.25) is 0 Å². The molecule has 0 aliphatic carbocycles. The second-order valence-corrected chi connectivity index (χ2v) is 5.54. The maximum Gasteiger partial charge on any atom is 0.323 e. The van der Waals surface area contributed by atoms with Crippen molar-refractivity contribution in [1.82, 2.24) is 0 Å². The lowest BCUT2D eigenvalue weighted by atomic mass is 10.1. The van der Waals surface area contributed by atoms with Gasteiger partial charge in [0.25, 0.3) is 0 Å². The summed E-state index contributed by atoms with van der Waals surface area (Å²) in [4.78, 5) is 11.8. The first-order valence-corrected chi connectivity index (χ1v) is 7.65. The highest BCUT2D eigenvalue weighted by molar-refractivity contribution is 6.30. The maximum absolute atomic E-state index is 11.8. The topological polar surface area (TPSA) is 102 Å². The third-order valence-corrected chi connectivity index (χ3v) is 3.46. The molecule has 128 valence electrons. The summed E-state index contributed by atoms with van der Waals surface area (Å²) in [7, 11) is 0. The lowest BCUT2D eigenvalue weighted by Gasteiger charge is -2.12. The lowest BCUT2D eigenvalue weighted by molar-refractivity contribution is -0.145. The van der Waals surface area contributed by atoms with Crippen molar-refractivity contribution in [2.45, 2.75) is 12.5 Å². The quantitative estimate of drug-likeness (QED) is 0.401. The zero-order valence-electron chi connectivity index (χ0n) is 12.8. The number of halogens is 1. The second kappa shape index (κ2) is 8.42. The van der Waals surface area contributed by atoms with Crippen LogP contribution in [0.2, 0.25) is 5.02 Å². The molecule has 0 bridgehead atoms. The van der Waals surface area contributed by atoms with E-state index < -0.39 is 12.0 Å². The number of rotatable bonds is 7. The third-order valence-electron chi connectivity index (χ3n) is 3.21. The summed E-state index contributed by atoms with van der Waals surface area (Å²) in [5, 5.41) is 19.3. The smallest absolute Gasteiger partial charge is 0.323 e. The molecule has 0 heterocycles. The summed E-state index contributed by atoms with van der Waals surface area (Å²) in [5.41, 5.74) is 6.39. The van der Waals surface area contributed by atoms with Crippen molar-refractivity contribution in [1.29, 1.82) is 0 Å². The van der Waals surface area contributed by atoms with Crippen molar-refractivity contribution in [3.05, 3.63) is 53.1 Å². The van der Waals surface area contributed by atoms with Gasteiger partial charge in [0.05, 0.1) is 0 Å². The van der Waals surface area contributed by atoms with Crippen LogP contribution < -0.4 is 10.5 Å². The van der Waals surface area contributed by atoms with E-state index in [1.54, 1.807) is 30.3 Å². The lowest BCUT2D eigenvalue weighted by Crippen LogP contribution is -2.35. The number of carbonyl (C=O) groups is 1. The molecule has 0 fully saturated rings. The molecule has 0 unspecified atom stereocenters. The first kappa shape index (κ1) is 17.9. The van der Waals surface area contributed by atoms with Gasteiger partial charge in [-0.15, -0.1) is 0 Å². The van der Waals surface area contributed by atoms with Gasteiger partial charge in [0.1, 0.15) is 25.0 Å². The third kappa shape index (κ3) is 5.33. The Kier molecular flexibility index (Phi) is 6.28. The number of benzene rings is 2. The maximum atomic E-state index is 11.8. The van der Waals surface area contributed by atoms with Gasteiger partial charge in [-0.2, -0.15) is 0 Å². The van der Waals surface area contributed by atoms with E-state index >= 15 is 0 Å². The summed E-state index contributed by atoms with van der Waals surface area (Å²) in [6.45, 7) is 0.260. The van der Waals surface area contributed by atoms with Crippen LogP contribution in [0, 0.1) is 0 Å². The molecule has 2 aromatic rings. The molecule has 1 atom stereocenters. The Bertz CT molecular complexity index is 690. The van der Waals surface area contributed by atoms with E-state index in [-0.39, 0.29) is 31.1 Å². The van der Waals surface area contributed by atoms with E-state index in [9.17, 15) is 15.0 Å². The molecule has 0 amide bonds. The van der Waals surface area contributed by atoms with E-state index in [0.29, 0.717) is 16.3 Å². The van der Waals surface area contributed by atoms with Crippen LogP contribution >= 0.6 is 11.6 Å². The summed E-state index contributed by atoms with van der Waals surface area (Å²) in [6, 6.07) is 10.2. The molecule has 2 rings (SSSR count). The molecule has 7 heteroatoms. The highest BCUT2D eigenvalue weighted by atomic mass is 35.5. The SMILES string of the molecule is N[C@@H](Cc1ccc(O)c(O)c1)C(=O)OCCOc1ccc(Cl)cc1. The molecule has 24 heavy (non-hydrogen) atoms. The van der Waals surface area contributed by atoms with Crippen molar-refractivity contribution in [3.8, 4) is 17.2 Å². The molecule has 2 aromatic carbocycles. The molecule has 4 N–H and O–H groups in total. The van der Waals surface area contributed by atoms with Crippen LogP contribution in [0.4, 0.5) is 0 Å². The van der Waals surface area contributed by atoms with Gasteiger partial charge in [-0.3, -0.25) is 4.79 Å². The van der Waals surface area contributed by atoms with Crippen LogP contribution in [0.5, 0.6) is 17.2 Å². The van der Waals surface area contributed by atoms with Gasteiger partial charge in [-0.1, -0.05) is 17.7 Å². The number of phenolic OH excluding ortho intramolecular Hbond substituents is 2. The molecule has 0 saturated heterocycles.